The van der Waals surface area contributed by atoms with Gasteiger partial charge < -0.3 is 0 Å². The van der Waals surface area contributed by atoms with Crippen molar-refractivity contribution in [2.75, 3.05) is 4.90 Å². The summed E-state index contributed by atoms with van der Waals surface area (Å²) in [5.41, 5.74) is 2.04. The van der Waals surface area contributed by atoms with Crippen LogP contribution in [0.2, 0.25) is 5.02 Å². The number of aromatic amines is 1. The van der Waals surface area contributed by atoms with Crippen molar-refractivity contribution in [3.8, 4) is 0 Å². The van der Waals surface area contributed by atoms with Crippen LogP contribution in [0.25, 0.3) is 5.78 Å². The minimum absolute atomic E-state index is 0.170. The Morgan fingerprint density at radius 3 is 2.78 bits per heavy atom. The Labute approximate surface area is 162 Å². The van der Waals surface area contributed by atoms with Gasteiger partial charge in [0.2, 0.25) is 11.9 Å². The second-order valence-corrected chi connectivity index (χ2v) is 6.94. The van der Waals surface area contributed by atoms with E-state index in [4.69, 9.17) is 11.6 Å². The van der Waals surface area contributed by atoms with E-state index in [1.165, 1.54) is 16.3 Å². The molecule has 1 N–H and O–H groups in total. The molecule has 0 radical (unpaired) electrons. The number of amides is 1. The maximum atomic E-state index is 12.8. The highest BCUT2D eigenvalue weighted by Crippen LogP contribution is 2.17. The molecule has 2 aromatic heterocycles. The van der Waals surface area contributed by atoms with Gasteiger partial charge in [0, 0.05) is 17.5 Å². The monoisotopic (exact) mass is 387 g/mol. The number of aryl methyl sites for hydroxylation is 1. The van der Waals surface area contributed by atoms with Crippen molar-refractivity contribution < 1.29 is 4.79 Å². The molecule has 0 atom stereocenters. The Bertz CT molecular complexity index is 1040. The molecule has 0 aliphatic rings. The first-order valence-electron chi connectivity index (χ1n) is 8.91. The zero-order valence-electron chi connectivity index (χ0n) is 15.6. The minimum Gasteiger partial charge on any atom is -0.277 e. The molecule has 3 rings (SSSR count). The summed E-state index contributed by atoms with van der Waals surface area (Å²) in [6.07, 6.45) is 2.58. The van der Waals surface area contributed by atoms with Crippen LogP contribution in [0, 0.1) is 6.92 Å². The van der Waals surface area contributed by atoms with E-state index in [1.807, 2.05) is 19.1 Å². The molecule has 2 heterocycles. The van der Waals surface area contributed by atoms with Crippen molar-refractivity contribution in [1.82, 2.24) is 19.6 Å². The lowest BCUT2D eigenvalue weighted by Crippen LogP contribution is -2.29. The normalized spacial score (nSPS) is 11.1. The van der Waals surface area contributed by atoms with E-state index in [9.17, 15) is 9.59 Å². The number of anilines is 1. The molecule has 8 heteroatoms. The van der Waals surface area contributed by atoms with Crippen LogP contribution >= 0.6 is 11.6 Å². The number of benzene rings is 1. The van der Waals surface area contributed by atoms with Crippen molar-refractivity contribution in [1.29, 1.82) is 0 Å². The van der Waals surface area contributed by atoms with E-state index in [0.717, 1.165) is 18.4 Å². The van der Waals surface area contributed by atoms with Gasteiger partial charge in [0.25, 0.3) is 11.3 Å². The smallest absolute Gasteiger partial charge is 0.277 e. The Kier molecular flexibility index (Phi) is 5.60. The Hall–Kier alpha value is -2.67. The number of nitrogens with one attached hydrogen (secondary N) is 1. The van der Waals surface area contributed by atoms with Crippen LogP contribution in [0.15, 0.2) is 29.1 Å². The fourth-order valence-corrected chi connectivity index (χ4v) is 3.17. The number of hydrogen-bond acceptors (Lipinski definition) is 4. The second kappa shape index (κ2) is 7.92. The van der Waals surface area contributed by atoms with Gasteiger partial charge in [-0.3, -0.25) is 19.6 Å². The summed E-state index contributed by atoms with van der Waals surface area (Å²) >= 11 is 6.03. The fourth-order valence-electron chi connectivity index (χ4n) is 2.96. The van der Waals surface area contributed by atoms with Crippen LogP contribution < -0.4 is 10.5 Å². The van der Waals surface area contributed by atoms with Crippen molar-refractivity contribution in [2.24, 2.45) is 0 Å². The molecule has 27 heavy (non-hydrogen) atoms. The van der Waals surface area contributed by atoms with Gasteiger partial charge in [-0.25, -0.2) is 4.98 Å². The lowest BCUT2D eigenvalue weighted by atomic mass is 10.1. The highest BCUT2D eigenvalue weighted by molar-refractivity contribution is 6.30. The molecule has 0 saturated heterocycles. The number of rotatable bonds is 6. The molecular weight excluding hydrogens is 366 g/mol. The predicted molar refractivity (Wildman–Crippen MR) is 105 cm³/mol. The number of hydrogen-bond donors (Lipinski definition) is 1. The third kappa shape index (κ3) is 4.03. The molecule has 0 aliphatic carbocycles. The number of aromatic nitrogens is 4. The van der Waals surface area contributed by atoms with Gasteiger partial charge in [0.1, 0.15) is 0 Å². The molecule has 1 aromatic carbocycles. The van der Waals surface area contributed by atoms with Crippen LogP contribution in [0.5, 0.6) is 0 Å². The maximum Gasteiger partial charge on any atom is 0.277 e. The Morgan fingerprint density at radius 1 is 1.33 bits per heavy atom. The summed E-state index contributed by atoms with van der Waals surface area (Å²) in [7, 11) is 0. The van der Waals surface area contributed by atoms with E-state index in [2.05, 4.69) is 22.0 Å². The quantitative estimate of drug-likeness (QED) is 0.703. The third-order valence-corrected chi connectivity index (χ3v) is 4.66. The van der Waals surface area contributed by atoms with Gasteiger partial charge in [0.15, 0.2) is 0 Å². The number of H-pyrrole nitrogens is 1. The molecule has 1 amide bonds. The van der Waals surface area contributed by atoms with Gasteiger partial charge in [0.05, 0.1) is 12.2 Å². The number of carbonyl (C=O) groups is 1. The first-order valence-corrected chi connectivity index (χ1v) is 9.29. The minimum atomic E-state index is -0.204. The molecule has 0 bridgehead atoms. The third-order valence-electron chi connectivity index (χ3n) is 4.43. The second-order valence-electron chi connectivity index (χ2n) is 6.50. The van der Waals surface area contributed by atoms with Gasteiger partial charge in [-0.05, 0) is 37.5 Å². The van der Waals surface area contributed by atoms with Gasteiger partial charge >= 0.3 is 0 Å². The van der Waals surface area contributed by atoms with Crippen LogP contribution in [-0.2, 0) is 17.8 Å². The van der Waals surface area contributed by atoms with Gasteiger partial charge in [-0.1, -0.05) is 37.1 Å². The Balaban J connectivity index is 2.02. The lowest BCUT2D eigenvalue weighted by molar-refractivity contribution is -0.116. The van der Waals surface area contributed by atoms with Crippen LogP contribution in [0.1, 0.15) is 43.5 Å². The molecule has 0 spiro atoms. The van der Waals surface area contributed by atoms with E-state index in [1.54, 1.807) is 12.1 Å². The number of unbranched alkanes of at least 4 members (excludes halogenated alkanes) is 1. The Morgan fingerprint density at radius 2 is 2.11 bits per heavy atom. The summed E-state index contributed by atoms with van der Waals surface area (Å²) in [6.45, 7) is 5.63. The van der Waals surface area contributed by atoms with Gasteiger partial charge in [-0.15, -0.1) is 0 Å². The number of nitrogens with zero attached hydrogens (tertiary/aromatic N) is 4. The van der Waals surface area contributed by atoms with Gasteiger partial charge in [-0.2, -0.15) is 9.50 Å². The van der Waals surface area contributed by atoms with E-state index < -0.39 is 0 Å². The number of halogens is 1. The largest absolute Gasteiger partial charge is 0.277 e. The molecule has 0 saturated carbocycles. The standard InChI is InChI=1S/C19H22ClN5O2/c1-4-5-9-16-12(2)21-18-22-19(23-25(18)17(16)27)24(13(3)26)11-14-7-6-8-15(20)10-14/h6-8,10H,4-5,9,11H2,1-3H3,(H,21,22,23). The lowest BCUT2D eigenvalue weighted by Gasteiger charge is -2.17. The molecule has 0 unspecified atom stereocenters. The van der Waals surface area contributed by atoms with Crippen LogP contribution in [-0.4, -0.2) is 25.5 Å². The molecule has 0 fully saturated rings. The summed E-state index contributed by atoms with van der Waals surface area (Å²) in [4.78, 5) is 35.2. The number of fused-ring (bicyclic) bond motifs is 1. The van der Waals surface area contributed by atoms with Crippen LogP contribution in [0.4, 0.5) is 5.95 Å². The van der Waals surface area contributed by atoms with Crippen molar-refractivity contribution >= 4 is 29.2 Å². The van der Waals surface area contributed by atoms with E-state index >= 15 is 0 Å². The summed E-state index contributed by atoms with van der Waals surface area (Å²) < 4.78 is 1.31. The van der Waals surface area contributed by atoms with Crippen molar-refractivity contribution in [3.63, 3.8) is 0 Å². The number of carbonyl (C=O) groups excluding carboxylic acids is 1. The van der Waals surface area contributed by atoms with E-state index in [0.29, 0.717) is 22.7 Å². The van der Waals surface area contributed by atoms with Crippen LogP contribution in [0.3, 0.4) is 0 Å². The highest BCUT2D eigenvalue weighted by Gasteiger charge is 2.19. The average molecular weight is 388 g/mol. The summed E-state index contributed by atoms with van der Waals surface area (Å²) in [5, 5.41) is 3.52. The summed E-state index contributed by atoms with van der Waals surface area (Å²) in [5.74, 6) is 0.328. The maximum absolute atomic E-state index is 12.8. The molecule has 3 aromatic rings. The zero-order chi connectivity index (χ0) is 19.6. The molecular formula is C19H22ClN5O2. The zero-order valence-corrected chi connectivity index (χ0v) is 16.4. The average Bonchev–Trinajstić information content (AvgIpc) is 3.03. The van der Waals surface area contributed by atoms with Crippen molar-refractivity contribution in [3.05, 3.63) is 56.5 Å². The SMILES string of the molecule is CCCCc1c(C)nc2nc(N(Cc3cccc(Cl)c3)C(C)=O)[nH]n2c1=O. The molecule has 142 valence electrons. The topological polar surface area (TPSA) is 83.4 Å². The highest BCUT2D eigenvalue weighted by atomic mass is 35.5. The fraction of sp³-hybridized carbons (Fsp3) is 0.368. The molecule has 7 nitrogen and oxygen atoms in total. The first-order chi connectivity index (χ1) is 12.9. The summed E-state index contributed by atoms with van der Waals surface area (Å²) in [6, 6.07) is 7.26. The predicted octanol–water partition coefficient (Wildman–Crippen LogP) is 3.28. The van der Waals surface area contributed by atoms with E-state index in [-0.39, 0.29) is 29.7 Å². The molecule has 0 aliphatic heterocycles. The first kappa shape index (κ1) is 19.1. The van der Waals surface area contributed by atoms with Crippen molar-refractivity contribution in [2.45, 2.75) is 46.6 Å².